The summed E-state index contributed by atoms with van der Waals surface area (Å²) >= 11 is 0. The summed E-state index contributed by atoms with van der Waals surface area (Å²) in [4.78, 5) is 63.7. The van der Waals surface area contributed by atoms with Gasteiger partial charge in [-0.05, 0) is 92.7 Å². The first kappa shape index (κ1) is 40.4. The molecular weight excluding hydrogens is 789 g/mol. The van der Waals surface area contributed by atoms with Crippen molar-refractivity contribution in [3.63, 3.8) is 0 Å². The van der Waals surface area contributed by atoms with Gasteiger partial charge in [-0.2, -0.15) is 0 Å². The zero-order valence-electron chi connectivity index (χ0n) is 36.7. The van der Waals surface area contributed by atoms with Gasteiger partial charge in [0.1, 0.15) is 0 Å². The summed E-state index contributed by atoms with van der Waals surface area (Å²) in [5.74, 6) is -2.12. The van der Waals surface area contributed by atoms with Crippen LogP contribution in [0.3, 0.4) is 0 Å². The molecule has 0 aromatic heterocycles. The van der Waals surface area contributed by atoms with Gasteiger partial charge in [-0.25, -0.2) is 9.80 Å². The number of anilines is 2. The van der Waals surface area contributed by atoms with Crippen LogP contribution in [0.5, 0.6) is 0 Å². The van der Waals surface area contributed by atoms with E-state index in [9.17, 15) is 0 Å². The highest BCUT2D eigenvalue weighted by Crippen LogP contribution is 2.49. The van der Waals surface area contributed by atoms with Gasteiger partial charge in [0.25, 0.3) is 23.6 Å². The maximum absolute atomic E-state index is 15.3. The average Bonchev–Trinajstić information content (AvgIpc) is 3.30. The molecule has 0 saturated carbocycles. The van der Waals surface area contributed by atoms with Crippen molar-refractivity contribution >= 4 is 45.8 Å². The molecule has 10 rings (SSSR count). The number of hydrogen-bond donors (Lipinski definition) is 0. The molecule has 0 fully saturated rings. The van der Waals surface area contributed by atoms with Gasteiger partial charge >= 0.3 is 0 Å². The Morgan fingerprint density at radius 2 is 0.516 bits per heavy atom. The quantitative estimate of drug-likeness (QED) is 0.156. The summed E-state index contributed by atoms with van der Waals surface area (Å²) in [5.41, 5.74) is 9.87. The SMILES string of the molecule is CC(C)(C)c1cc(-c2ccccc2)c(N2C(=O)c3ccc4c5c(ccc(c35)C2=O)C(=O)N(c2c(-c3ccccc3)cc(C(C)(C)C)cc2-c2ccccc2)C4=O)c(-c2ccccc2)c1. The molecule has 0 bridgehead atoms. The Hall–Kier alpha value is -7.70. The molecule has 64 heavy (non-hydrogen) atoms. The van der Waals surface area contributed by atoms with E-state index in [0.29, 0.717) is 22.1 Å². The lowest BCUT2D eigenvalue weighted by Gasteiger charge is -2.35. The first-order valence-corrected chi connectivity index (χ1v) is 21.7. The van der Waals surface area contributed by atoms with Crippen molar-refractivity contribution in [2.75, 3.05) is 9.80 Å². The fraction of sp³-hybridized carbons (Fsp3) is 0.138. The van der Waals surface area contributed by atoms with Crippen LogP contribution in [0.15, 0.2) is 170 Å². The van der Waals surface area contributed by atoms with Gasteiger partial charge < -0.3 is 0 Å². The number of benzene rings is 8. The largest absolute Gasteiger partial charge is 0.268 e. The van der Waals surface area contributed by atoms with Gasteiger partial charge in [0.15, 0.2) is 0 Å². The molecule has 8 aromatic carbocycles. The van der Waals surface area contributed by atoms with Gasteiger partial charge in [-0.1, -0.05) is 163 Å². The standard InChI is InChI=1S/C58H46N2O4/c1-57(2,3)39-31-45(35-19-11-7-12-20-35)51(46(32-39)36-21-13-8-14-22-36)59-53(61)41-27-29-43-50-44(30-28-42(49(41)50)54(59)62)56(64)60(55(43)63)52-47(37-23-15-9-16-24-37)33-40(58(4,5)6)34-48(52)38-25-17-10-18-26-38/h7-34H,1-6H3. The minimum Gasteiger partial charge on any atom is -0.268 e. The Morgan fingerprint density at radius 3 is 0.719 bits per heavy atom. The van der Waals surface area contributed by atoms with E-state index in [-0.39, 0.29) is 33.1 Å². The molecule has 0 N–H and O–H groups in total. The molecule has 0 unspecified atom stereocenters. The van der Waals surface area contributed by atoms with E-state index < -0.39 is 23.6 Å². The summed E-state index contributed by atoms with van der Waals surface area (Å²) in [6.45, 7) is 12.9. The van der Waals surface area contributed by atoms with E-state index >= 15 is 19.2 Å². The normalized spacial score (nSPS) is 13.8. The molecule has 312 valence electrons. The van der Waals surface area contributed by atoms with Crippen molar-refractivity contribution in [1.82, 2.24) is 0 Å². The van der Waals surface area contributed by atoms with E-state index in [4.69, 9.17) is 0 Å². The van der Waals surface area contributed by atoms with Crippen LogP contribution >= 0.6 is 0 Å². The molecule has 0 aliphatic carbocycles. The zero-order chi connectivity index (χ0) is 44.7. The van der Waals surface area contributed by atoms with Crippen molar-refractivity contribution in [1.29, 1.82) is 0 Å². The van der Waals surface area contributed by atoms with Crippen molar-refractivity contribution in [2.45, 2.75) is 52.4 Å². The van der Waals surface area contributed by atoms with Gasteiger partial charge in [-0.3, -0.25) is 19.2 Å². The topological polar surface area (TPSA) is 74.8 Å². The van der Waals surface area contributed by atoms with E-state index in [1.807, 2.05) is 121 Å². The first-order chi connectivity index (χ1) is 30.7. The third-order valence-corrected chi connectivity index (χ3v) is 12.6. The van der Waals surface area contributed by atoms with Crippen LogP contribution in [0.2, 0.25) is 0 Å². The molecule has 4 amide bonds. The van der Waals surface area contributed by atoms with Crippen molar-refractivity contribution in [3.05, 3.63) is 203 Å². The van der Waals surface area contributed by atoms with Gasteiger partial charge in [0.2, 0.25) is 0 Å². The molecule has 0 radical (unpaired) electrons. The highest BCUT2D eigenvalue weighted by Gasteiger charge is 2.43. The minimum absolute atomic E-state index is 0.242. The molecule has 6 heteroatoms. The number of carbonyl (C=O) groups excluding carboxylic acids is 4. The highest BCUT2D eigenvalue weighted by atomic mass is 16.2. The van der Waals surface area contributed by atoms with Gasteiger partial charge in [0, 0.05) is 55.3 Å². The van der Waals surface area contributed by atoms with Gasteiger partial charge in [0.05, 0.1) is 11.4 Å². The lowest BCUT2D eigenvalue weighted by molar-refractivity contribution is 0.0873. The number of carbonyl (C=O) groups is 4. The van der Waals surface area contributed by atoms with Crippen LogP contribution in [-0.4, -0.2) is 23.6 Å². The van der Waals surface area contributed by atoms with E-state index in [1.54, 1.807) is 24.3 Å². The molecule has 2 aliphatic heterocycles. The molecule has 2 heterocycles. The van der Waals surface area contributed by atoms with Crippen LogP contribution in [0, 0.1) is 0 Å². The van der Waals surface area contributed by atoms with Gasteiger partial charge in [-0.15, -0.1) is 0 Å². The Balaban J connectivity index is 1.18. The summed E-state index contributed by atoms with van der Waals surface area (Å²) in [6, 6.07) is 54.2. The number of imide groups is 2. The summed E-state index contributed by atoms with van der Waals surface area (Å²) in [7, 11) is 0. The highest BCUT2D eigenvalue weighted by molar-refractivity contribution is 6.43. The first-order valence-electron chi connectivity index (χ1n) is 21.7. The second kappa shape index (κ2) is 15.0. The second-order valence-electron chi connectivity index (χ2n) is 18.8. The maximum Gasteiger partial charge on any atom is 0.266 e. The number of amides is 4. The number of rotatable bonds is 6. The van der Waals surface area contributed by atoms with Crippen LogP contribution in [0.4, 0.5) is 11.4 Å². The molecular formula is C58H46N2O4. The lowest BCUT2D eigenvalue weighted by Crippen LogP contribution is -2.44. The number of nitrogens with zero attached hydrogens (tertiary/aromatic N) is 2. The van der Waals surface area contributed by atoms with Crippen molar-refractivity contribution in [3.8, 4) is 44.5 Å². The molecule has 6 nitrogen and oxygen atoms in total. The predicted octanol–water partition coefficient (Wildman–Crippen LogP) is 13.7. The monoisotopic (exact) mass is 834 g/mol. The summed E-state index contributed by atoms with van der Waals surface area (Å²) in [5, 5.41) is 0.622. The molecule has 0 atom stereocenters. The minimum atomic E-state index is -0.531. The van der Waals surface area contributed by atoms with Crippen molar-refractivity contribution < 1.29 is 19.2 Å². The summed E-state index contributed by atoms with van der Waals surface area (Å²) < 4.78 is 0. The Kier molecular flexibility index (Phi) is 9.46. The smallest absolute Gasteiger partial charge is 0.266 e. The third kappa shape index (κ3) is 6.48. The second-order valence-corrected chi connectivity index (χ2v) is 18.8. The van der Waals surface area contributed by atoms with Crippen LogP contribution in [0.1, 0.15) is 94.1 Å². The summed E-state index contributed by atoms with van der Waals surface area (Å²) in [6.07, 6.45) is 0. The van der Waals surface area contributed by atoms with E-state index in [2.05, 4.69) is 65.8 Å². The van der Waals surface area contributed by atoms with Crippen LogP contribution in [0.25, 0.3) is 55.3 Å². The third-order valence-electron chi connectivity index (χ3n) is 12.6. The Bertz CT molecular complexity index is 2820. The van der Waals surface area contributed by atoms with Crippen molar-refractivity contribution in [2.24, 2.45) is 0 Å². The van der Waals surface area contributed by atoms with Crippen LogP contribution in [-0.2, 0) is 10.8 Å². The Labute approximate surface area is 373 Å². The molecule has 0 spiro atoms. The average molecular weight is 835 g/mol. The van der Waals surface area contributed by atoms with E-state index in [1.165, 1.54) is 9.80 Å². The fourth-order valence-electron chi connectivity index (χ4n) is 9.25. The Morgan fingerprint density at radius 1 is 0.297 bits per heavy atom. The predicted molar refractivity (Wildman–Crippen MR) is 258 cm³/mol. The zero-order valence-corrected chi connectivity index (χ0v) is 36.7. The lowest BCUT2D eigenvalue weighted by atomic mass is 9.80. The number of hydrogen-bond acceptors (Lipinski definition) is 4. The van der Waals surface area contributed by atoms with Crippen LogP contribution < -0.4 is 9.80 Å². The molecule has 8 aromatic rings. The fourth-order valence-corrected chi connectivity index (χ4v) is 9.25. The molecule has 2 aliphatic rings. The maximum atomic E-state index is 15.3. The van der Waals surface area contributed by atoms with E-state index in [0.717, 1.165) is 55.6 Å². The molecule has 0 saturated heterocycles.